The maximum Gasteiger partial charge on any atom is 0.253 e. The Kier molecular flexibility index (Phi) is 4.30. The molecule has 2 bridgehead atoms. The summed E-state index contributed by atoms with van der Waals surface area (Å²) in [6.07, 6.45) is 2.82. The van der Waals surface area contributed by atoms with Crippen LogP contribution in [-0.2, 0) is 15.4 Å². The predicted octanol–water partition coefficient (Wildman–Crippen LogP) is 3.75. The quantitative estimate of drug-likeness (QED) is 0.778. The van der Waals surface area contributed by atoms with E-state index >= 15 is 0 Å². The number of rotatable bonds is 6. The van der Waals surface area contributed by atoms with Crippen LogP contribution in [0.3, 0.4) is 0 Å². The van der Waals surface area contributed by atoms with E-state index in [0.29, 0.717) is 11.3 Å². The standard InChI is InChI=1S/C22H26N2O3S/c1-15(2)28(26,27)24-19-11-16(3)9-10-18(19)20(25)23-22-12-21(13-22,14-22)17-7-5-4-6-8-17/h4-11,15,24H,12-14H2,1-3H3,(H,23,25). The molecule has 28 heavy (non-hydrogen) atoms. The fourth-order valence-corrected chi connectivity index (χ4v) is 5.25. The van der Waals surface area contributed by atoms with E-state index < -0.39 is 15.3 Å². The van der Waals surface area contributed by atoms with Crippen molar-refractivity contribution in [3.63, 3.8) is 0 Å². The van der Waals surface area contributed by atoms with Crippen LogP contribution >= 0.6 is 0 Å². The van der Waals surface area contributed by atoms with E-state index in [4.69, 9.17) is 0 Å². The van der Waals surface area contributed by atoms with Gasteiger partial charge in [0.15, 0.2) is 0 Å². The third kappa shape index (κ3) is 3.09. The number of anilines is 1. The van der Waals surface area contributed by atoms with Crippen molar-refractivity contribution >= 4 is 21.6 Å². The molecule has 3 saturated carbocycles. The van der Waals surface area contributed by atoms with Crippen LogP contribution in [0.15, 0.2) is 48.5 Å². The largest absolute Gasteiger partial charge is 0.346 e. The number of nitrogens with one attached hydrogen (secondary N) is 2. The van der Waals surface area contributed by atoms with E-state index in [0.717, 1.165) is 24.8 Å². The first-order chi connectivity index (χ1) is 13.1. The topological polar surface area (TPSA) is 75.3 Å². The van der Waals surface area contributed by atoms with Crippen molar-refractivity contribution in [3.05, 3.63) is 65.2 Å². The number of hydrogen-bond acceptors (Lipinski definition) is 3. The summed E-state index contributed by atoms with van der Waals surface area (Å²) in [6.45, 7) is 5.10. The van der Waals surface area contributed by atoms with Gasteiger partial charge in [0.2, 0.25) is 10.0 Å². The minimum absolute atomic E-state index is 0.161. The highest BCUT2D eigenvalue weighted by atomic mass is 32.2. The van der Waals surface area contributed by atoms with Gasteiger partial charge in [0.25, 0.3) is 5.91 Å². The van der Waals surface area contributed by atoms with Crippen molar-refractivity contribution < 1.29 is 13.2 Å². The van der Waals surface area contributed by atoms with Gasteiger partial charge in [-0.15, -0.1) is 0 Å². The summed E-state index contributed by atoms with van der Waals surface area (Å²) >= 11 is 0. The number of amides is 1. The Balaban J connectivity index is 1.50. The first kappa shape index (κ1) is 19.0. The zero-order chi connectivity index (χ0) is 20.2. The summed E-state index contributed by atoms with van der Waals surface area (Å²) in [7, 11) is -3.53. The van der Waals surface area contributed by atoms with Gasteiger partial charge in [-0.2, -0.15) is 0 Å². The maximum atomic E-state index is 13.0. The molecule has 0 unspecified atom stereocenters. The Morgan fingerprint density at radius 1 is 1.04 bits per heavy atom. The van der Waals surface area contributed by atoms with Crippen molar-refractivity contribution in [1.29, 1.82) is 0 Å². The lowest BCUT2D eigenvalue weighted by atomic mass is 9.37. The number of hydrogen-bond donors (Lipinski definition) is 2. The van der Waals surface area contributed by atoms with Gasteiger partial charge in [0.05, 0.1) is 16.5 Å². The molecule has 0 saturated heterocycles. The molecule has 0 spiro atoms. The van der Waals surface area contributed by atoms with Gasteiger partial charge in [0.1, 0.15) is 0 Å². The first-order valence-electron chi connectivity index (χ1n) is 9.65. The van der Waals surface area contributed by atoms with Crippen molar-refractivity contribution in [3.8, 4) is 0 Å². The normalized spacial score (nSPS) is 25.6. The minimum atomic E-state index is -3.53. The van der Waals surface area contributed by atoms with Gasteiger partial charge < -0.3 is 5.32 Å². The number of aryl methyl sites for hydroxylation is 1. The molecule has 1 amide bonds. The number of carbonyl (C=O) groups is 1. The first-order valence-corrected chi connectivity index (χ1v) is 11.2. The molecule has 2 N–H and O–H groups in total. The Bertz CT molecular complexity index is 1010. The molecule has 2 aromatic carbocycles. The zero-order valence-corrected chi connectivity index (χ0v) is 17.3. The molecule has 148 valence electrons. The number of sulfonamides is 1. The number of benzene rings is 2. The van der Waals surface area contributed by atoms with Crippen molar-refractivity contribution in [2.75, 3.05) is 4.72 Å². The van der Waals surface area contributed by atoms with Crippen molar-refractivity contribution in [1.82, 2.24) is 5.32 Å². The highest BCUT2D eigenvalue weighted by Crippen LogP contribution is 2.67. The number of carbonyl (C=O) groups excluding carboxylic acids is 1. The van der Waals surface area contributed by atoms with Crippen LogP contribution in [-0.4, -0.2) is 25.1 Å². The van der Waals surface area contributed by atoms with E-state index in [1.54, 1.807) is 26.0 Å². The van der Waals surface area contributed by atoms with Crippen LogP contribution in [0.2, 0.25) is 0 Å². The monoisotopic (exact) mass is 398 g/mol. The van der Waals surface area contributed by atoms with E-state index in [1.807, 2.05) is 19.1 Å². The summed E-state index contributed by atoms with van der Waals surface area (Å²) in [5.41, 5.74) is 2.98. The van der Waals surface area contributed by atoms with Crippen molar-refractivity contribution in [2.45, 2.75) is 56.2 Å². The fraction of sp³-hybridized carbons (Fsp3) is 0.409. The highest BCUT2D eigenvalue weighted by Gasteiger charge is 2.68. The lowest BCUT2D eigenvalue weighted by Crippen LogP contribution is -2.76. The van der Waals surface area contributed by atoms with Crippen LogP contribution < -0.4 is 10.0 Å². The molecule has 6 heteroatoms. The van der Waals surface area contributed by atoms with Gasteiger partial charge in [0, 0.05) is 11.0 Å². The van der Waals surface area contributed by atoms with Crippen LogP contribution in [0.1, 0.15) is 54.6 Å². The Morgan fingerprint density at radius 2 is 1.68 bits per heavy atom. The van der Waals surface area contributed by atoms with E-state index in [1.165, 1.54) is 5.56 Å². The molecule has 3 aliphatic carbocycles. The summed E-state index contributed by atoms with van der Waals surface area (Å²) in [5, 5.41) is 2.59. The maximum absolute atomic E-state index is 13.0. The second-order valence-corrected chi connectivity index (χ2v) is 10.9. The smallest absolute Gasteiger partial charge is 0.253 e. The molecule has 0 aromatic heterocycles. The molecule has 3 aliphatic rings. The lowest BCUT2D eigenvalue weighted by Gasteiger charge is -2.71. The van der Waals surface area contributed by atoms with Crippen LogP contribution in [0.25, 0.3) is 0 Å². The fourth-order valence-electron chi connectivity index (χ4n) is 4.54. The summed E-state index contributed by atoms with van der Waals surface area (Å²) < 4.78 is 27.2. The van der Waals surface area contributed by atoms with E-state index in [9.17, 15) is 13.2 Å². The Hall–Kier alpha value is -2.34. The molecule has 0 atom stereocenters. The van der Waals surface area contributed by atoms with Crippen molar-refractivity contribution in [2.24, 2.45) is 0 Å². The molecule has 0 aliphatic heterocycles. The average molecular weight is 399 g/mol. The van der Waals surface area contributed by atoms with Gasteiger partial charge in [-0.25, -0.2) is 8.42 Å². The predicted molar refractivity (Wildman–Crippen MR) is 111 cm³/mol. The highest BCUT2D eigenvalue weighted by molar-refractivity contribution is 7.93. The lowest BCUT2D eigenvalue weighted by molar-refractivity contribution is -0.0807. The third-order valence-electron chi connectivity index (χ3n) is 6.09. The molecule has 3 fully saturated rings. The second kappa shape index (κ2) is 6.34. The molecule has 0 radical (unpaired) electrons. The minimum Gasteiger partial charge on any atom is -0.346 e. The summed E-state index contributed by atoms with van der Waals surface area (Å²) in [6, 6.07) is 15.7. The van der Waals surface area contributed by atoms with Gasteiger partial charge >= 0.3 is 0 Å². The third-order valence-corrected chi connectivity index (χ3v) is 7.83. The average Bonchev–Trinajstić information content (AvgIpc) is 2.57. The van der Waals surface area contributed by atoms with E-state index in [2.05, 4.69) is 34.3 Å². The van der Waals surface area contributed by atoms with Gasteiger partial charge in [-0.05, 0) is 63.3 Å². The molecule has 0 heterocycles. The molecular formula is C22H26N2O3S. The van der Waals surface area contributed by atoms with Crippen LogP contribution in [0.5, 0.6) is 0 Å². The summed E-state index contributed by atoms with van der Waals surface area (Å²) in [4.78, 5) is 13.0. The zero-order valence-electron chi connectivity index (χ0n) is 16.5. The van der Waals surface area contributed by atoms with E-state index in [-0.39, 0.29) is 16.9 Å². The van der Waals surface area contributed by atoms with Gasteiger partial charge in [-0.3, -0.25) is 9.52 Å². The Morgan fingerprint density at radius 3 is 2.29 bits per heavy atom. The molecule has 5 nitrogen and oxygen atoms in total. The second-order valence-electron chi connectivity index (χ2n) is 8.66. The van der Waals surface area contributed by atoms with Gasteiger partial charge in [-0.1, -0.05) is 36.4 Å². The Labute approximate surface area is 166 Å². The molecule has 2 aromatic rings. The van der Waals surface area contributed by atoms with Crippen LogP contribution in [0, 0.1) is 6.92 Å². The molecule has 5 rings (SSSR count). The summed E-state index contributed by atoms with van der Waals surface area (Å²) in [5.74, 6) is -0.220. The van der Waals surface area contributed by atoms with Crippen LogP contribution in [0.4, 0.5) is 5.69 Å². The molecular weight excluding hydrogens is 372 g/mol. The SMILES string of the molecule is Cc1ccc(C(=O)NC23CC(c4ccccc4)(C2)C3)c(NS(=O)(=O)C(C)C)c1.